The monoisotopic (exact) mass is 287 g/mol. The summed E-state index contributed by atoms with van der Waals surface area (Å²) >= 11 is 0. The zero-order valence-electron chi connectivity index (χ0n) is 12.0. The van der Waals surface area contributed by atoms with Gasteiger partial charge in [-0.05, 0) is 24.9 Å². The van der Waals surface area contributed by atoms with Gasteiger partial charge in [0.2, 0.25) is 5.91 Å². The third kappa shape index (κ3) is 5.35. The predicted molar refractivity (Wildman–Crippen MR) is 80.6 cm³/mol. The van der Waals surface area contributed by atoms with Gasteiger partial charge < -0.3 is 11.1 Å². The Morgan fingerprint density at radius 2 is 2.05 bits per heavy atom. The summed E-state index contributed by atoms with van der Waals surface area (Å²) in [7, 11) is 0. The molecule has 21 heavy (non-hydrogen) atoms. The predicted octanol–water partition coefficient (Wildman–Crippen LogP) is 0.528. The molecule has 0 unspecified atom stereocenters. The molecule has 0 aliphatic carbocycles. The van der Waals surface area contributed by atoms with Gasteiger partial charge >= 0.3 is 0 Å². The second-order valence-electron chi connectivity index (χ2n) is 4.89. The Labute approximate surface area is 124 Å². The third-order valence-corrected chi connectivity index (χ3v) is 3.10. The first-order valence-electron chi connectivity index (χ1n) is 7.17. The number of aromatic nitrogens is 3. The van der Waals surface area contributed by atoms with E-state index < -0.39 is 0 Å². The van der Waals surface area contributed by atoms with Gasteiger partial charge in [-0.25, -0.2) is 4.68 Å². The summed E-state index contributed by atoms with van der Waals surface area (Å²) in [6.07, 6.45) is 4.33. The molecule has 0 spiro atoms. The van der Waals surface area contributed by atoms with Gasteiger partial charge in [0.25, 0.3) is 0 Å². The number of carbonyl (C=O) groups is 1. The van der Waals surface area contributed by atoms with Crippen LogP contribution < -0.4 is 11.1 Å². The lowest BCUT2D eigenvalue weighted by Crippen LogP contribution is -2.28. The van der Waals surface area contributed by atoms with Crippen molar-refractivity contribution in [2.24, 2.45) is 5.73 Å². The quantitative estimate of drug-likeness (QED) is 0.693. The molecule has 6 nitrogen and oxygen atoms in total. The zero-order chi connectivity index (χ0) is 14.9. The summed E-state index contributed by atoms with van der Waals surface area (Å²) in [5, 5.41) is 10.7. The van der Waals surface area contributed by atoms with Crippen molar-refractivity contribution in [1.29, 1.82) is 0 Å². The summed E-state index contributed by atoms with van der Waals surface area (Å²) in [5.74, 6) is -0.0488. The van der Waals surface area contributed by atoms with Gasteiger partial charge in [-0.2, -0.15) is 0 Å². The number of hydrogen-bond donors (Lipinski definition) is 2. The van der Waals surface area contributed by atoms with Crippen LogP contribution in [0.1, 0.15) is 17.7 Å². The van der Waals surface area contributed by atoms with Gasteiger partial charge in [0, 0.05) is 19.2 Å². The summed E-state index contributed by atoms with van der Waals surface area (Å²) in [4.78, 5) is 11.8. The Balaban J connectivity index is 1.65. The molecule has 0 aliphatic heterocycles. The summed E-state index contributed by atoms with van der Waals surface area (Å²) in [6, 6.07) is 10.2. The SMILES string of the molecule is NCCc1cn(CC(=O)NCCCc2ccccc2)nn1. The molecule has 1 heterocycles. The van der Waals surface area contributed by atoms with Crippen LogP contribution in [0, 0.1) is 0 Å². The summed E-state index contributed by atoms with van der Waals surface area (Å²) < 4.78 is 1.54. The molecule has 0 fully saturated rings. The van der Waals surface area contributed by atoms with Gasteiger partial charge in [-0.15, -0.1) is 5.10 Å². The van der Waals surface area contributed by atoms with Crippen LogP contribution >= 0.6 is 0 Å². The Morgan fingerprint density at radius 1 is 1.24 bits per heavy atom. The number of nitrogens with one attached hydrogen (secondary N) is 1. The highest BCUT2D eigenvalue weighted by molar-refractivity contribution is 5.75. The lowest BCUT2D eigenvalue weighted by atomic mass is 10.1. The number of benzene rings is 1. The van der Waals surface area contributed by atoms with E-state index in [2.05, 4.69) is 27.8 Å². The van der Waals surface area contributed by atoms with Gasteiger partial charge in [0.1, 0.15) is 6.54 Å². The number of hydrogen-bond acceptors (Lipinski definition) is 4. The van der Waals surface area contributed by atoms with Crippen molar-refractivity contribution in [2.75, 3.05) is 13.1 Å². The third-order valence-electron chi connectivity index (χ3n) is 3.10. The fourth-order valence-electron chi connectivity index (χ4n) is 2.05. The Bertz CT molecular complexity index is 552. The van der Waals surface area contributed by atoms with Crippen molar-refractivity contribution in [2.45, 2.75) is 25.8 Å². The molecule has 0 saturated heterocycles. The summed E-state index contributed by atoms with van der Waals surface area (Å²) in [5.41, 5.74) is 7.54. The van der Waals surface area contributed by atoms with E-state index >= 15 is 0 Å². The van der Waals surface area contributed by atoms with E-state index in [1.165, 1.54) is 10.2 Å². The van der Waals surface area contributed by atoms with Gasteiger partial charge in [0.15, 0.2) is 0 Å². The van der Waals surface area contributed by atoms with E-state index in [0.29, 0.717) is 19.5 Å². The van der Waals surface area contributed by atoms with Crippen molar-refractivity contribution in [3.05, 3.63) is 47.8 Å². The topological polar surface area (TPSA) is 85.8 Å². The first kappa shape index (κ1) is 15.2. The average molecular weight is 287 g/mol. The minimum atomic E-state index is -0.0488. The standard InChI is InChI=1S/C15H21N5O/c16-9-8-14-11-20(19-18-14)12-15(21)17-10-4-7-13-5-2-1-3-6-13/h1-3,5-6,11H,4,7-10,12,16H2,(H,17,21). The molecule has 0 aliphatic rings. The smallest absolute Gasteiger partial charge is 0.241 e. The molecule has 1 amide bonds. The number of nitrogens with two attached hydrogens (primary N) is 1. The van der Waals surface area contributed by atoms with Crippen LogP contribution in [0.2, 0.25) is 0 Å². The molecule has 2 aromatic rings. The maximum Gasteiger partial charge on any atom is 0.241 e. The van der Waals surface area contributed by atoms with Crippen LogP contribution in [-0.4, -0.2) is 34.0 Å². The van der Waals surface area contributed by atoms with Gasteiger partial charge in [0.05, 0.1) is 5.69 Å². The molecule has 2 rings (SSSR count). The first-order chi connectivity index (χ1) is 10.3. The van der Waals surface area contributed by atoms with Crippen LogP contribution in [0.5, 0.6) is 0 Å². The molecular weight excluding hydrogens is 266 g/mol. The van der Waals surface area contributed by atoms with Crippen LogP contribution in [0.25, 0.3) is 0 Å². The molecule has 0 saturated carbocycles. The van der Waals surface area contributed by atoms with Crippen molar-refractivity contribution in [3.8, 4) is 0 Å². The Kier molecular flexibility index (Phi) is 5.90. The van der Waals surface area contributed by atoms with Crippen molar-refractivity contribution < 1.29 is 4.79 Å². The molecular formula is C15H21N5O. The van der Waals surface area contributed by atoms with Crippen LogP contribution in [0.15, 0.2) is 36.5 Å². The molecule has 3 N–H and O–H groups in total. The minimum absolute atomic E-state index is 0.0488. The highest BCUT2D eigenvalue weighted by atomic mass is 16.2. The fraction of sp³-hybridized carbons (Fsp3) is 0.400. The van der Waals surface area contributed by atoms with E-state index in [9.17, 15) is 4.79 Å². The molecule has 0 atom stereocenters. The van der Waals surface area contributed by atoms with Crippen molar-refractivity contribution >= 4 is 5.91 Å². The van der Waals surface area contributed by atoms with Crippen LogP contribution in [-0.2, 0) is 24.2 Å². The fourth-order valence-corrected chi connectivity index (χ4v) is 2.05. The largest absolute Gasteiger partial charge is 0.354 e. The van der Waals surface area contributed by atoms with E-state index in [4.69, 9.17) is 5.73 Å². The lowest BCUT2D eigenvalue weighted by molar-refractivity contribution is -0.121. The lowest BCUT2D eigenvalue weighted by Gasteiger charge is -2.05. The number of nitrogens with zero attached hydrogens (tertiary/aromatic N) is 3. The molecule has 1 aromatic carbocycles. The highest BCUT2D eigenvalue weighted by Gasteiger charge is 2.05. The van der Waals surface area contributed by atoms with Crippen LogP contribution in [0.4, 0.5) is 0 Å². The number of carbonyl (C=O) groups excluding carboxylic acids is 1. The molecule has 6 heteroatoms. The molecule has 0 radical (unpaired) electrons. The molecule has 112 valence electrons. The first-order valence-corrected chi connectivity index (χ1v) is 7.17. The minimum Gasteiger partial charge on any atom is -0.354 e. The normalized spacial score (nSPS) is 10.5. The maximum atomic E-state index is 11.8. The van der Waals surface area contributed by atoms with Crippen molar-refractivity contribution in [1.82, 2.24) is 20.3 Å². The summed E-state index contributed by atoms with van der Waals surface area (Å²) in [6.45, 7) is 1.39. The van der Waals surface area contributed by atoms with Gasteiger partial charge in [-0.1, -0.05) is 35.5 Å². The zero-order valence-corrected chi connectivity index (χ0v) is 12.0. The second kappa shape index (κ2) is 8.16. The van der Waals surface area contributed by atoms with Crippen LogP contribution in [0.3, 0.4) is 0 Å². The van der Waals surface area contributed by atoms with Crippen molar-refractivity contribution in [3.63, 3.8) is 0 Å². The van der Waals surface area contributed by atoms with E-state index in [1.807, 2.05) is 18.2 Å². The number of amides is 1. The van der Waals surface area contributed by atoms with E-state index in [-0.39, 0.29) is 12.5 Å². The number of aryl methyl sites for hydroxylation is 1. The molecule has 0 bridgehead atoms. The van der Waals surface area contributed by atoms with E-state index in [1.54, 1.807) is 6.20 Å². The molecule has 1 aromatic heterocycles. The maximum absolute atomic E-state index is 11.8. The van der Waals surface area contributed by atoms with E-state index in [0.717, 1.165) is 18.5 Å². The Morgan fingerprint density at radius 3 is 2.81 bits per heavy atom. The number of rotatable bonds is 8. The average Bonchev–Trinajstić information content (AvgIpc) is 2.92. The second-order valence-corrected chi connectivity index (χ2v) is 4.89. The van der Waals surface area contributed by atoms with Gasteiger partial charge in [-0.3, -0.25) is 4.79 Å². The highest BCUT2D eigenvalue weighted by Crippen LogP contribution is 2.01. The Hall–Kier alpha value is -2.21.